The Hall–Kier alpha value is -2.27. The highest BCUT2D eigenvalue weighted by molar-refractivity contribution is 5.84. The number of esters is 1. The average molecular weight is 816 g/mol. The van der Waals surface area contributed by atoms with E-state index in [1.807, 2.05) is 0 Å². The van der Waals surface area contributed by atoms with Crippen molar-refractivity contribution in [3.05, 3.63) is 0 Å². The highest BCUT2D eigenvalue weighted by Gasteiger charge is 2.22. The lowest BCUT2D eigenvalue weighted by molar-refractivity contribution is -0.149. The van der Waals surface area contributed by atoms with Gasteiger partial charge in [0, 0.05) is 26.6 Å². The van der Waals surface area contributed by atoms with Crippen molar-refractivity contribution in [3.63, 3.8) is 0 Å². The van der Waals surface area contributed by atoms with Gasteiger partial charge in [0.2, 0.25) is 5.91 Å². The van der Waals surface area contributed by atoms with Crippen LogP contribution in [0.5, 0.6) is 0 Å². The van der Waals surface area contributed by atoms with E-state index >= 15 is 0 Å². The molecule has 0 fully saturated rings. The van der Waals surface area contributed by atoms with E-state index in [9.17, 15) is 14.4 Å². The fourth-order valence-electron chi connectivity index (χ4n) is 4.15. The fourth-order valence-corrected chi connectivity index (χ4v) is 4.15. The van der Waals surface area contributed by atoms with Gasteiger partial charge in [-0.05, 0) is 40.0 Å². The van der Waals surface area contributed by atoms with Gasteiger partial charge < -0.3 is 77.9 Å². The molecule has 1 unspecified atom stereocenters. The van der Waals surface area contributed by atoms with Crippen LogP contribution in [0.4, 0.5) is 4.79 Å². The van der Waals surface area contributed by atoms with Crippen LogP contribution in [0.15, 0.2) is 0 Å². The Morgan fingerprint density at radius 3 is 1.34 bits per heavy atom. The van der Waals surface area contributed by atoms with Crippen molar-refractivity contribution in [1.29, 1.82) is 0 Å². The van der Waals surface area contributed by atoms with E-state index in [0.717, 1.165) is 0 Å². The van der Waals surface area contributed by atoms with Gasteiger partial charge in [-0.1, -0.05) is 0 Å². The van der Waals surface area contributed by atoms with Crippen molar-refractivity contribution in [2.75, 3.05) is 166 Å². The quantitative estimate of drug-likeness (QED) is 0.0575. The number of methoxy groups -OCH3 is 1. The van der Waals surface area contributed by atoms with E-state index < -0.39 is 23.7 Å². The summed E-state index contributed by atoms with van der Waals surface area (Å²) in [5.41, 5.74) is 4.74. The molecule has 0 aromatic carbocycles. The van der Waals surface area contributed by atoms with Crippen LogP contribution >= 0.6 is 0 Å². The van der Waals surface area contributed by atoms with Gasteiger partial charge in [0.25, 0.3) is 0 Å². The van der Waals surface area contributed by atoms with Crippen molar-refractivity contribution in [3.8, 4) is 0 Å². The van der Waals surface area contributed by atoms with Gasteiger partial charge in [-0.3, -0.25) is 4.79 Å². The fraction of sp³-hybridized carbons (Fsp3) is 0.919. The molecule has 0 saturated heterocycles. The third-order valence-corrected chi connectivity index (χ3v) is 6.82. The molecule has 56 heavy (non-hydrogen) atoms. The molecule has 0 aromatic rings. The molecular weight excluding hydrogens is 742 g/mol. The van der Waals surface area contributed by atoms with Crippen LogP contribution in [-0.4, -0.2) is 195 Å². The molecule has 0 heterocycles. The number of nitrogens with two attached hydrogens (primary N) is 1. The molecule has 0 aliphatic rings. The summed E-state index contributed by atoms with van der Waals surface area (Å²) in [6.07, 6.45) is 0.966. The maximum Gasteiger partial charge on any atom is 0.407 e. The second kappa shape index (κ2) is 40.9. The average Bonchev–Trinajstić information content (AvgIpc) is 3.15. The molecule has 0 aromatic heterocycles. The molecule has 0 bridgehead atoms. The first-order chi connectivity index (χ1) is 27.2. The number of carbonyl (C=O) groups is 3. The molecule has 19 heteroatoms. The predicted octanol–water partition coefficient (Wildman–Crippen LogP) is 0.871. The van der Waals surface area contributed by atoms with Crippen molar-refractivity contribution < 1.29 is 76.0 Å². The largest absolute Gasteiger partial charge is 0.462 e. The first kappa shape index (κ1) is 53.7. The summed E-state index contributed by atoms with van der Waals surface area (Å²) >= 11 is 0. The number of unbranched alkanes of at least 4 members (excludes halogenated alkanes) is 1. The van der Waals surface area contributed by atoms with Crippen LogP contribution in [-0.2, 0) is 71.2 Å². The molecule has 0 spiro atoms. The number of ether oxygens (including phenoxy) is 13. The molecule has 0 saturated carbocycles. The summed E-state index contributed by atoms with van der Waals surface area (Å²) < 4.78 is 69.7. The number of amides is 2. The SMILES string of the molecule is COCCOCCOCCOCCOCCOCCC(=O)NC(CCCCNC(=O)OC(C)(C)C)C(=O)OCCOCCOCCOCCOCCOCCN. The van der Waals surface area contributed by atoms with E-state index in [1.54, 1.807) is 27.9 Å². The van der Waals surface area contributed by atoms with Crippen molar-refractivity contribution in [1.82, 2.24) is 10.6 Å². The molecule has 332 valence electrons. The number of hydrogen-bond donors (Lipinski definition) is 3. The second-order valence-electron chi connectivity index (χ2n) is 12.9. The summed E-state index contributed by atoms with van der Waals surface area (Å²) in [7, 11) is 1.62. The van der Waals surface area contributed by atoms with E-state index in [4.69, 9.17) is 67.3 Å². The maximum atomic E-state index is 12.9. The van der Waals surface area contributed by atoms with Gasteiger partial charge in [0.15, 0.2) is 0 Å². The van der Waals surface area contributed by atoms with Crippen molar-refractivity contribution >= 4 is 18.0 Å². The Morgan fingerprint density at radius 2 is 0.929 bits per heavy atom. The summed E-state index contributed by atoms with van der Waals surface area (Å²) in [6, 6.07) is -0.870. The zero-order valence-electron chi connectivity index (χ0n) is 34.5. The highest BCUT2D eigenvalue weighted by Crippen LogP contribution is 2.07. The molecule has 2 amide bonds. The molecule has 19 nitrogen and oxygen atoms in total. The van der Waals surface area contributed by atoms with E-state index in [0.29, 0.717) is 158 Å². The van der Waals surface area contributed by atoms with Gasteiger partial charge in [0.05, 0.1) is 139 Å². The van der Waals surface area contributed by atoms with E-state index in [1.165, 1.54) is 0 Å². The Kier molecular flexibility index (Phi) is 39.3. The molecule has 0 aliphatic heterocycles. The highest BCUT2D eigenvalue weighted by atomic mass is 16.6. The van der Waals surface area contributed by atoms with Crippen LogP contribution in [0.1, 0.15) is 46.5 Å². The van der Waals surface area contributed by atoms with Crippen LogP contribution in [0.2, 0.25) is 0 Å². The Labute approximate surface area is 333 Å². The van der Waals surface area contributed by atoms with Gasteiger partial charge in [-0.15, -0.1) is 0 Å². The zero-order valence-corrected chi connectivity index (χ0v) is 34.5. The first-order valence-electron chi connectivity index (χ1n) is 19.6. The van der Waals surface area contributed by atoms with Crippen molar-refractivity contribution in [2.24, 2.45) is 5.73 Å². The Balaban J connectivity index is 4.18. The molecular formula is C37H73N3O16. The van der Waals surface area contributed by atoms with Gasteiger partial charge >= 0.3 is 12.1 Å². The van der Waals surface area contributed by atoms with Gasteiger partial charge in [0.1, 0.15) is 18.2 Å². The molecule has 1 atom stereocenters. The normalized spacial score (nSPS) is 12.1. The lowest BCUT2D eigenvalue weighted by Gasteiger charge is -2.20. The smallest absolute Gasteiger partial charge is 0.407 e. The van der Waals surface area contributed by atoms with Crippen LogP contribution < -0.4 is 16.4 Å². The molecule has 0 radical (unpaired) electrons. The van der Waals surface area contributed by atoms with E-state index in [-0.39, 0.29) is 32.1 Å². The Bertz CT molecular complexity index is 900. The summed E-state index contributed by atoms with van der Waals surface area (Å²) in [5.74, 6) is -0.924. The zero-order chi connectivity index (χ0) is 41.2. The summed E-state index contributed by atoms with van der Waals surface area (Å²) in [4.78, 5) is 37.4. The van der Waals surface area contributed by atoms with Crippen LogP contribution in [0.3, 0.4) is 0 Å². The van der Waals surface area contributed by atoms with E-state index in [2.05, 4.69) is 10.6 Å². The molecule has 0 rings (SSSR count). The van der Waals surface area contributed by atoms with Crippen LogP contribution in [0, 0.1) is 0 Å². The lowest BCUT2D eigenvalue weighted by atomic mass is 10.1. The maximum absolute atomic E-state index is 12.9. The minimum Gasteiger partial charge on any atom is -0.462 e. The minimum atomic E-state index is -0.870. The van der Waals surface area contributed by atoms with Gasteiger partial charge in [-0.25, -0.2) is 9.59 Å². The summed E-state index contributed by atoms with van der Waals surface area (Å²) in [6.45, 7) is 15.0. The standard InChI is InChI=1S/C37H73N3O16/c1-37(2,3)56-36(43)39-10-6-5-7-33(35(42)55-32-31-54-30-29-53-28-27-52-24-22-49-18-16-46-12-9-38)40-34(41)8-11-45-15-17-48-21-23-51-26-25-50-20-19-47-14-13-44-4/h33H,5-32,38H2,1-4H3,(H,39,43)(H,40,41). The number of hydrogen-bond acceptors (Lipinski definition) is 17. The third kappa shape index (κ3) is 41.4. The lowest BCUT2D eigenvalue weighted by Crippen LogP contribution is -2.42. The number of nitrogens with one attached hydrogen (secondary N) is 2. The Morgan fingerprint density at radius 1 is 0.536 bits per heavy atom. The topological polar surface area (TPSA) is 221 Å². The molecule has 4 N–H and O–H groups in total. The van der Waals surface area contributed by atoms with Gasteiger partial charge in [-0.2, -0.15) is 0 Å². The summed E-state index contributed by atoms with van der Waals surface area (Å²) in [5, 5.41) is 5.43. The second-order valence-corrected chi connectivity index (χ2v) is 12.9. The monoisotopic (exact) mass is 815 g/mol. The molecule has 0 aliphatic carbocycles. The third-order valence-electron chi connectivity index (χ3n) is 6.82. The minimum absolute atomic E-state index is 0.0127. The number of carbonyl (C=O) groups excluding carboxylic acids is 3. The first-order valence-corrected chi connectivity index (χ1v) is 19.6. The predicted molar refractivity (Wildman–Crippen MR) is 205 cm³/mol. The number of alkyl carbamates (subject to hydrolysis) is 1. The van der Waals surface area contributed by atoms with Crippen LogP contribution in [0.25, 0.3) is 0 Å². The van der Waals surface area contributed by atoms with Crippen molar-refractivity contribution in [2.45, 2.75) is 58.1 Å². The number of rotatable bonds is 42.